The molecule has 100 valence electrons. The van der Waals surface area contributed by atoms with Gasteiger partial charge in [-0.2, -0.15) is 0 Å². The lowest BCUT2D eigenvalue weighted by molar-refractivity contribution is -0.123. The standard InChI is InChI=1S/C13H20N2O2P/c1-13(2,15-18)17-9-8-12(16)14-10-11-6-4-3-5-7-11/h3-7H,8-10,18H2,1-2H3,(H,14,16)/q-1. The van der Waals surface area contributed by atoms with Gasteiger partial charge in [0, 0.05) is 13.0 Å². The van der Waals surface area contributed by atoms with Crippen LogP contribution in [0.15, 0.2) is 30.3 Å². The number of hydrogen-bond acceptors (Lipinski definition) is 2. The van der Waals surface area contributed by atoms with Gasteiger partial charge in [0.05, 0.1) is 6.61 Å². The Hall–Kier alpha value is -0.960. The van der Waals surface area contributed by atoms with Crippen molar-refractivity contribution in [2.75, 3.05) is 6.61 Å². The predicted octanol–water partition coefficient (Wildman–Crippen LogP) is 2.61. The summed E-state index contributed by atoms with van der Waals surface area (Å²) in [6.45, 7) is 4.62. The van der Waals surface area contributed by atoms with Crippen molar-refractivity contribution < 1.29 is 9.53 Å². The first-order chi connectivity index (χ1) is 8.53. The van der Waals surface area contributed by atoms with Crippen molar-refractivity contribution in [2.24, 2.45) is 0 Å². The van der Waals surface area contributed by atoms with E-state index in [1.165, 1.54) is 0 Å². The molecule has 0 aliphatic rings. The summed E-state index contributed by atoms with van der Waals surface area (Å²) >= 11 is 0. The van der Waals surface area contributed by atoms with Gasteiger partial charge in [-0.25, -0.2) is 0 Å². The molecule has 1 atom stereocenters. The lowest BCUT2D eigenvalue weighted by Gasteiger charge is -2.36. The van der Waals surface area contributed by atoms with Crippen LogP contribution < -0.4 is 5.32 Å². The summed E-state index contributed by atoms with van der Waals surface area (Å²) in [5.74, 6) is -0.0154. The molecule has 0 aliphatic carbocycles. The molecule has 0 aromatic heterocycles. The molecule has 0 fully saturated rings. The third-order valence-electron chi connectivity index (χ3n) is 2.43. The van der Waals surface area contributed by atoms with Gasteiger partial charge in [0.25, 0.3) is 0 Å². The Morgan fingerprint density at radius 1 is 1.39 bits per heavy atom. The van der Waals surface area contributed by atoms with Gasteiger partial charge in [0.2, 0.25) is 5.91 Å². The minimum absolute atomic E-state index is 0.0154. The zero-order valence-corrected chi connectivity index (χ0v) is 12.0. The molecule has 1 unspecified atom stereocenters. The molecule has 1 aromatic rings. The largest absolute Gasteiger partial charge is 0.614 e. The third kappa shape index (κ3) is 6.10. The van der Waals surface area contributed by atoms with E-state index in [4.69, 9.17) is 4.74 Å². The van der Waals surface area contributed by atoms with E-state index in [2.05, 4.69) is 19.8 Å². The highest BCUT2D eigenvalue weighted by atomic mass is 31.0. The average Bonchev–Trinajstić information content (AvgIpc) is 2.37. The molecule has 0 aliphatic heterocycles. The molecular weight excluding hydrogens is 247 g/mol. The maximum absolute atomic E-state index is 11.6. The van der Waals surface area contributed by atoms with Crippen LogP contribution in [0.5, 0.6) is 0 Å². The minimum Gasteiger partial charge on any atom is -0.614 e. The second kappa shape index (κ2) is 7.47. The van der Waals surface area contributed by atoms with Crippen molar-refractivity contribution in [1.29, 1.82) is 0 Å². The highest BCUT2D eigenvalue weighted by molar-refractivity contribution is 7.20. The first kappa shape index (κ1) is 15.1. The second-order valence-electron chi connectivity index (χ2n) is 4.44. The second-order valence-corrected chi connectivity index (χ2v) is 4.69. The molecule has 0 saturated carbocycles. The number of ether oxygens (including phenoxy) is 1. The highest BCUT2D eigenvalue weighted by Gasteiger charge is 2.07. The smallest absolute Gasteiger partial charge is 0.222 e. The van der Waals surface area contributed by atoms with Crippen LogP contribution in [0.1, 0.15) is 25.8 Å². The Morgan fingerprint density at radius 2 is 2.06 bits per heavy atom. The first-order valence-corrected chi connectivity index (χ1v) is 6.42. The van der Waals surface area contributed by atoms with Crippen molar-refractivity contribution >= 4 is 15.3 Å². The van der Waals surface area contributed by atoms with Crippen LogP contribution in [-0.4, -0.2) is 18.2 Å². The van der Waals surface area contributed by atoms with E-state index in [0.717, 1.165) is 5.56 Å². The number of amides is 1. The van der Waals surface area contributed by atoms with E-state index < -0.39 is 5.72 Å². The molecule has 18 heavy (non-hydrogen) atoms. The zero-order chi connectivity index (χ0) is 13.4. The molecule has 4 nitrogen and oxygen atoms in total. The summed E-state index contributed by atoms with van der Waals surface area (Å²) in [6.07, 6.45) is 0.344. The molecule has 0 spiro atoms. The summed E-state index contributed by atoms with van der Waals surface area (Å²) in [4.78, 5) is 11.6. The fraction of sp³-hybridized carbons (Fsp3) is 0.462. The van der Waals surface area contributed by atoms with E-state index in [-0.39, 0.29) is 5.91 Å². The van der Waals surface area contributed by atoms with E-state index in [0.29, 0.717) is 19.6 Å². The molecule has 5 heteroatoms. The summed E-state index contributed by atoms with van der Waals surface area (Å²) in [7, 11) is 2.28. The van der Waals surface area contributed by atoms with Crippen molar-refractivity contribution in [3.63, 3.8) is 0 Å². The van der Waals surface area contributed by atoms with Crippen molar-refractivity contribution in [1.82, 2.24) is 5.32 Å². The van der Waals surface area contributed by atoms with E-state index in [1.54, 1.807) is 0 Å². The maximum Gasteiger partial charge on any atom is 0.222 e. The first-order valence-electron chi connectivity index (χ1n) is 5.90. The highest BCUT2D eigenvalue weighted by Crippen LogP contribution is 2.21. The van der Waals surface area contributed by atoms with Crippen LogP contribution in [0, 0.1) is 0 Å². The van der Waals surface area contributed by atoms with Crippen molar-refractivity contribution in [3.05, 3.63) is 41.0 Å². The van der Waals surface area contributed by atoms with Gasteiger partial charge in [-0.15, -0.1) is 0 Å². The van der Waals surface area contributed by atoms with Gasteiger partial charge in [-0.1, -0.05) is 44.2 Å². The van der Waals surface area contributed by atoms with Crippen LogP contribution >= 0.6 is 9.39 Å². The molecule has 1 aromatic carbocycles. The van der Waals surface area contributed by atoms with Crippen LogP contribution in [0.3, 0.4) is 0 Å². The Bertz CT molecular complexity index is 369. The quantitative estimate of drug-likeness (QED) is 0.772. The summed E-state index contributed by atoms with van der Waals surface area (Å²) in [5, 5.41) is 6.82. The van der Waals surface area contributed by atoms with E-state index in [1.807, 2.05) is 44.2 Å². The Morgan fingerprint density at radius 3 is 2.67 bits per heavy atom. The predicted molar refractivity (Wildman–Crippen MR) is 76.0 cm³/mol. The molecule has 1 amide bonds. The Kier molecular flexibility index (Phi) is 6.27. The topological polar surface area (TPSA) is 52.4 Å². The number of hydrogen-bond donors (Lipinski definition) is 1. The molecule has 1 rings (SSSR count). The number of nitrogens with one attached hydrogen (secondary N) is 1. The maximum atomic E-state index is 11.6. The molecule has 1 N–H and O–H groups in total. The third-order valence-corrected chi connectivity index (χ3v) is 3.05. The van der Waals surface area contributed by atoms with Crippen molar-refractivity contribution in [3.8, 4) is 0 Å². The fourth-order valence-electron chi connectivity index (χ4n) is 1.32. The van der Waals surface area contributed by atoms with E-state index >= 15 is 0 Å². The minimum atomic E-state index is -0.551. The number of nitrogens with zero attached hydrogens (tertiary/aromatic N) is 1. The Balaban J connectivity index is 2.19. The SMILES string of the molecule is CC(C)([N-]P)OCCC(=O)NCc1ccccc1. The Labute approximate surface area is 111 Å². The van der Waals surface area contributed by atoms with Gasteiger partial charge in [-0.05, 0) is 11.3 Å². The molecule has 0 bridgehead atoms. The van der Waals surface area contributed by atoms with E-state index in [9.17, 15) is 4.79 Å². The number of carbonyl (C=O) groups is 1. The van der Waals surface area contributed by atoms with Crippen LogP contribution in [0.25, 0.3) is 5.09 Å². The number of carbonyl (C=O) groups excluding carboxylic acids is 1. The molecule has 0 saturated heterocycles. The fourth-order valence-corrected chi connectivity index (χ4v) is 1.39. The van der Waals surface area contributed by atoms with Crippen LogP contribution in [0.4, 0.5) is 0 Å². The van der Waals surface area contributed by atoms with Gasteiger partial charge < -0.3 is 15.1 Å². The molecule has 0 heterocycles. The normalized spacial score (nSPS) is 11.3. The van der Waals surface area contributed by atoms with Gasteiger partial charge in [-0.3, -0.25) is 14.2 Å². The lowest BCUT2D eigenvalue weighted by Crippen LogP contribution is -2.27. The average molecular weight is 267 g/mol. The van der Waals surface area contributed by atoms with Gasteiger partial charge >= 0.3 is 0 Å². The summed E-state index contributed by atoms with van der Waals surface area (Å²) < 4.78 is 5.45. The van der Waals surface area contributed by atoms with Gasteiger partial charge in [0.1, 0.15) is 0 Å². The van der Waals surface area contributed by atoms with Gasteiger partial charge in [0.15, 0.2) is 0 Å². The number of rotatable bonds is 7. The van der Waals surface area contributed by atoms with Crippen molar-refractivity contribution in [2.45, 2.75) is 32.5 Å². The lowest BCUT2D eigenvalue weighted by atomic mass is 10.2. The summed E-state index contributed by atoms with van der Waals surface area (Å²) in [6, 6.07) is 9.81. The summed E-state index contributed by atoms with van der Waals surface area (Å²) in [5.41, 5.74) is 0.539. The number of benzene rings is 1. The van der Waals surface area contributed by atoms with Crippen LogP contribution in [-0.2, 0) is 16.1 Å². The monoisotopic (exact) mass is 267 g/mol. The van der Waals surface area contributed by atoms with Crippen LogP contribution in [0.2, 0.25) is 0 Å². The zero-order valence-electron chi connectivity index (χ0n) is 10.8. The molecule has 0 radical (unpaired) electrons. The molecular formula is C13H20N2O2P-.